The lowest BCUT2D eigenvalue weighted by Crippen LogP contribution is -2.54. The maximum absolute atomic E-state index is 15.7. The topological polar surface area (TPSA) is 100 Å². The van der Waals surface area contributed by atoms with Crippen LogP contribution in [0.2, 0.25) is 0 Å². The van der Waals surface area contributed by atoms with Crippen molar-refractivity contribution in [2.45, 2.75) is 147 Å². The molecular formula is C82H97F12N11O. The number of H-pyrrole nitrogens is 3. The van der Waals surface area contributed by atoms with Gasteiger partial charge >= 0.3 is 0 Å². The standard InChI is InChI=1S/C28H32F5N3O.C27H32F4N4.C27H33F3N4/c1-3-28(32,33)16-36-17(2)10-24-25(20-6-4-5-7-23(20)34-24)27(36)26-21(30)11-19(12-22(26)31)37-9-8-35-14-18(13-29)15-35;1-16(29)13-35-17(2)10-24-25(20-6-3-4-7-23(20)33-24)27(35)26-21(30)11-18(12-22(26)31)32-19-14-34(15-19)9-5-8-28;1-3-10-34-17(2)12-24-25(20-7-4-5-8-23(20)32-24)27(34)26-21(29)13-18(14-22(26)30)31-19-15-33(16-19)11-6-9-28/h4-7,11-12,17-18,27,34H,3,8-10,13-16H2,1-2H3;3-4,6-7,11-12,16-17,19,27,32-33H,5,8-10,13-15H2,1-2H3;4-5,7-8,13-14,17,19,27,31-32H,3,6,9-12,15-16H2,1-2H3/t17-,27+;16?,17-,27+;/m01./s1. The second-order valence-electron chi connectivity index (χ2n) is 30.1. The lowest BCUT2D eigenvalue weighted by Gasteiger charge is -2.42. The van der Waals surface area contributed by atoms with Crippen LogP contribution in [0.15, 0.2) is 109 Å². The van der Waals surface area contributed by atoms with Gasteiger partial charge < -0.3 is 30.3 Å². The molecule has 6 aliphatic rings. The molecule has 5 N–H and O–H groups in total. The van der Waals surface area contributed by atoms with Gasteiger partial charge in [0.2, 0.25) is 0 Å². The Balaban J connectivity index is 0.000000141. The molecule has 3 saturated heterocycles. The molecule has 0 saturated carbocycles. The highest BCUT2D eigenvalue weighted by Gasteiger charge is 2.45. The molecule has 106 heavy (non-hydrogen) atoms. The Hall–Kier alpha value is -7.74. The number of ether oxygens (including phenoxy) is 1. The number of likely N-dealkylation sites (tertiary alicyclic amines) is 3. The van der Waals surface area contributed by atoms with Crippen LogP contribution in [0.3, 0.4) is 0 Å². The van der Waals surface area contributed by atoms with Gasteiger partial charge in [0, 0.05) is 222 Å². The first-order valence-electron chi connectivity index (χ1n) is 37.6. The number of anilines is 2. The molecule has 0 spiro atoms. The summed E-state index contributed by atoms with van der Waals surface area (Å²) in [5.74, 6) is -6.93. The van der Waals surface area contributed by atoms with Crippen molar-refractivity contribution in [3.05, 3.63) is 195 Å². The molecular weight excluding hydrogens is 1380 g/mol. The van der Waals surface area contributed by atoms with E-state index in [1.807, 2.05) is 96.4 Å². The highest BCUT2D eigenvalue weighted by atomic mass is 19.3. The fraction of sp³-hybridized carbons (Fsp3) is 0.488. The summed E-state index contributed by atoms with van der Waals surface area (Å²) in [6, 6.07) is 28.6. The molecule has 9 aromatic rings. The van der Waals surface area contributed by atoms with Crippen LogP contribution >= 0.6 is 0 Å². The maximum Gasteiger partial charge on any atom is 0.260 e. The van der Waals surface area contributed by atoms with E-state index in [2.05, 4.69) is 54.1 Å². The van der Waals surface area contributed by atoms with Gasteiger partial charge in [0.15, 0.2) is 0 Å². The summed E-state index contributed by atoms with van der Waals surface area (Å²) in [5.41, 5.74) is 8.61. The molecule has 3 unspecified atom stereocenters. The molecule has 15 rings (SSSR count). The summed E-state index contributed by atoms with van der Waals surface area (Å²) >= 11 is 0. The van der Waals surface area contributed by atoms with E-state index in [4.69, 9.17) is 4.74 Å². The lowest BCUT2D eigenvalue weighted by atomic mass is 9.86. The normalized spacial score (nSPS) is 21.7. The van der Waals surface area contributed by atoms with E-state index < -0.39 is 71.7 Å². The van der Waals surface area contributed by atoms with E-state index >= 15 is 26.3 Å². The first-order valence-corrected chi connectivity index (χ1v) is 37.6. The van der Waals surface area contributed by atoms with Gasteiger partial charge in [0.05, 0.1) is 56.8 Å². The number of benzene rings is 6. The summed E-state index contributed by atoms with van der Waals surface area (Å²) in [7, 11) is 0. The number of alkyl halides is 6. The Morgan fingerprint density at radius 2 is 0.868 bits per heavy atom. The van der Waals surface area contributed by atoms with Crippen molar-refractivity contribution in [2.24, 2.45) is 5.92 Å². The fourth-order valence-electron chi connectivity index (χ4n) is 17.1. The number of rotatable bonds is 25. The molecule has 570 valence electrons. The third kappa shape index (κ3) is 16.2. The summed E-state index contributed by atoms with van der Waals surface area (Å²) in [6.45, 7) is 16.5. The molecule has 12 nitrogen and oxygen atoms in total. The maximum atomic E-state index is 15.7. The highest BCUT2D eigenvalue weighted by molar-refractivity contribution is 5.88. The Morgan fingerprint density at radius 1 is 0.491 bits per heavy atom. The summed E-state index contributed by atoms with van der Waals surface area (Å²) < 4.78 is 181. The minimum atomic E-state index is -3.01. The molecule has 0 bridgehead atoms. The molecule has 6 aliphatic heterocycles. The number of hydrogen-bond donors (Lipinski definition) is 5. The predicted octanol–water partition coefficient (Wildman–Crippen LogP) is 17.4. The third-order valence-corrected chi connectivity index (χ3v) is 22.2. The monoisotopic (exact) mass is 1480 g/mol. The van der Waals surface area contributed by atoms with Crippen molar-refractivity contribution < 1.29 is 57.4 Å². The molecule has 0 amide bonds. The van der Waals surface area contributed by atoms with Gasteiger partial charge in [-0.3, -0.25) is 42.6 Å². The number of hydrogen-bond acceptors (Lipinski definition) is 9. The van der Waals surface area contributed by atoms with Crippen LogP contribution in [0.4, 0.5) is 64.1 Å². The lowest BCUT2D eigenvalue weighted by molar-refractivity contribution is -0.0547. The number of para-hydroxylation sites is 3. The van der Waals surface area contributed by atoms with Gasteiger partial charge in [0.25, 0.3) is 5.92 Å². The van der Waals surface area contributed by atoms with Crippen molar-refractivity contribution in [1.29, 1.82) is 0 Å². The Kier molecular flexibility index (Phi) is 23.8. The largest absolute Gasteiger partial charge is 0.492 e. The van der Waals surface area contributed by atoms with Gasteiger partial charge in [-0.1, -0.05) is 68.4 Å². The molecule has 3 fully saturated rings. The Morgan fingerprint density at radius 3 is 1.26 bits per heavy atom. The number of fused-ring (bicyclic) bond motifs is 9. The predicted molar refractivity (Wildman–Crippen MR) is 395 cm³/mol. The third-order valence-electron chi connectivity index (χ3n) is 22.2. The van der Waals surface area contributed by atoms with Gasteiger partial charge in [-0.15, -0.1) is 0 Å². The Labute approximate surface area is 612 Å². The number of nitrogens with zero attached hydrogens (tertiary/aromatic N) is 6. The first kappa shape index (κ1) is 76.5. The number of halogens is 12. The SMILES string of the molecule is CC(F)CN1[C@H](c2c(F)cc(NC3CN(CCCF)C3)cc2F)c2c([nH]c3ccccc23)C[C@H]1C.CCC(F)(F)CN1[C@@H](c2c(F)cc(OCCN3CC(CF)C3)cc2F)c2c([nH]c3ccccc23)C[C@@H]1C.CCCN1C(C)Cc2[nH]c3ccccc3c2C1c1c(F)cc(NC2CN(CCCF)C2)cc1F. The second kappa shape index (κ2) is 33.0. The van der Waals surface area contributed by atoms with E-state index in [0.717, 1.165) is 112 Å². The van der Waals surface area contributed by atoms with E-state index in [9.17, 15) is 26.3 Å². The second-order valence-corrected chi connectivity index (χ2v) is 30.1. The zero-order valence-corrected chi connectivity index (χ0v) is 61.1. The van der Waals surface area contributed by atoms with E-state index in [1.165, 1.54) is 43.0 Å². The van der Waals surface area contributed by atoms with Gasteiger partial charge in [-0.2, -0.15) is 0 Å². The van der Waals surface area contributed by atoms with E-state index in [-0.39, 0.29) is 98.2 Å². The average Bonchev–Trinajstić information content (AvgIpc) is 1.54. The smallest absolute Gasteiger partial charge is 0.260 e. The van der Waals surface area contributed by atoms with Crippen LogP contribution in [0.5, 0.6) is 5.75 Å². The number of aromatic nitrogens is 3. The van der Waals surface area contributed by atoms with Crippen molar-refractivity contribution >= 4 is 44.1 Å². The molecule has 0 radical (unpaired) electrons. The molecule has 9 heterocycles. The molecule has 0 aliphatic carbocycles. The van der Waals surface area contributed by atoms with Crippen molar-refractivity contribution in [1.82, 2.24) is 44.4 Å². The van der Waals surface area contributed by atoms with E-state index in [1.54, 1.807) is 0 Å². The first-order chi connectivity index (χ1) is 51.0. The van der Waals surface area contributed by atoms with Crippen LogP contribution in [0.25, 0.3) is 32.7 Å². The summed E-state index contributed by atoms with van der Waals surface area (Å²) in [4.78, 5) is 22.2. The number of aromatic amines is 3. The summed E-state index contributed by atoms with van der Waals surface area (Å²) in [6.07, 6.45) is 2.35. The molecule has 7 atom stereocenters. The highest BCUT2D eigenvalue weighted by Crippen LogP contribution is 2.49. The van der Waals surface area contributed by atoms with Crippen molar-refractivity contribution in [2.75, 3.05) is 116 Å². The fourth-order valence-corrected chi connectivity index (χ4v) is 17.1. The van der Waals surface area contributed by atoms with Gasteiger partial charge in [-0.25, -0.2) is 39.5 Å². The number of nitrogens with one attached hydrogen (secondary N) is 5. The molecule has 3 aromatic heterocycles. The average molecular weight is 1480 g/mol. The van der Waals surface area contributed by atoms with Crippen LogP contribution in [-0.2, 0) is 19.3 Å². The molecule has 24 heteroatoms. The Bertz CT molecular complexity index is 4420. The van der Waals surface area contributed by atoms with Gasteiger partial charge in [-0.05, 0) is 96.0 Å². The molecule has 6 aromatic carbocycles. The van der Waals surface area contributed by atoms with Crippen LogP contribution in [-0.4, -0.2) is 192 Å². The van der Waals surface area contributed by atoms with Crippen molar-refractivity contribution in [3.63, 3.8) is 0 Å². The van der Waals surface area contributed by atoms with Gasteiger partial charge in [0.1, 0.15) is 53.4 Å². The summed E-state index contributed by atoms with van der Waals surface area (Å²) in [5, 5.41) is 9.14. The van der Waals surface area contributed by atoms with Crippen LogP contribution in [0, 0.1) is 40.8 Å². The zero-order valence-electron chi connectivity index (χ0n) is 61.1. The van der Waals surface area contributed by atoms with E-state index in [0.29, 0.717) is 81.9 Å². The van der Waals surface area contributed by atoms with Crippen LogP contribution in [0.1, 0.15) is 136 Å². The minimum absolute atomic E-state index is 0.0368. The minimum Gasteiger partial charge on any atom is -0.492 e. The quantitative estimate of drug-likeness (QED) is 0.0358. The van der Waals surface area contributed by atoms with Crippen molar-refractivity contribution in [3.8, 4) is 5.75 Å². The van der Waals surface area contributed by atoms with Crippen LogP contribution < -0.4 is 15.4 Å². The zero-order chi connectivity index (χ0) is 74.8.